The van der Waals surface area contributed by atoms with Crippen LogP contribution >= 0.6 is 0 Å². The summed E-state index contributed by atoms with van der Waals surface area (Å²) in [6.45, 7) is 1.93. The van der Waals surface area contributed by atoms with Gasteiger partial charge in [0.15, 0.2) is 0 Å². The molecule has 0 aliphatic rings. The summed E-state index contributed by atoms with van der Waals surface area (Å²) in [6, 6.07) is 17.4. The van der Waals surface area contributed by atoms with Gasteiger partial charge in [-0.25, -0.2) is 4.42 Å². The highest BCUT2D eigenvalue weighted by atomic mass is 35.5. The number of fused-ring (bicyclic) bond motifs is 1. The molecule has 0 saturated carbocycles. The van der Waals surface area contributed by atoms with E-state index in [4.69, 9.17) is 4.42 Å². The van der Waals surface area contributed by atoms with Crippen molar-refractivity contribution in [1.29, 1.82) is 0 Å². The zero-order valence-corrected chi connectivity index (χ0v) is 11.2. The first-order valence-corrected chi connectivity index (χ1v) is 5.86. The minimum absolute atomic E-state index is 0. The molecule has 0 radical (unpaired) electrons. The minimum Gasteiger partial charge on any atom is -1.00 e. The summed E-state index contributed by atoms with van der Waals surface area (Å²) >= 11 is 0. The summed E-state index contributed by atoms with van der Waals surface area (Å²) < 4.78 is 5.85. The lowest BCUT2D eigenvalue weighted by Crippen LogP contribution is -3.00. The first-order valence-electron chi connectivity index (χ1n) is 5.86. The van der Waals surface area contributed by atoms with Crippen molar-refractivity contribution in [3.05, 3.63) is 60.2 Å². The fourth-order valence-electron chi connectivity index (χ4n) is 2.07. The van der Waals surface area contributed by atoms with Crippen molar-refractivity contribution in [1.82, 2.24) is 0 Å². The number of hydrogen-bond donors (Lipinski definition) is 1. The molecule has 0 amide bonds. The van der Waals surface area contributed by atoms with E-state index >= 15 is 0 Å². The van der Waals surface area contributed by atoms with Crippen LogP contribution in [0.25, 0.3) is 22.3 Å². The van der Waals surface area contributed by atoms with E-state index in [9.17, 15) is 5.11 Å². The molecule has 96 valence electrons. The summed E-state index contributed by atoms with van der Waals surface area (Å²) in [6.07, 6.45) is 0. The van der Waals surface area contributed by atoms with Crippen molar-refractivity contribution in [2.45, 2.75) is 6.92 Å². The highest BCUT2D eigenvalue weighted by molar-refractivity contribution is 5.85. The van der Waals surface area contributed by atoms with Crippen molar-refractivity contribution < 1.29 is 21.9 Å². The van der Waals surface area contributed by atoms with E-state index in [0.717, 1.165) is 22.3 Å². The maximum Gasteiger partial charge on any atom is 0.364 e. The van der Waals surface area contributed by atoms with Gasteiger partial charge in [-0.05, 0) is 36.8 Å². The molecule has 0 aliphatic carbocycles. The number of aryl methyl sites for hydroxylation is 1. The number of halogens is 1. The van der Waals surface area contributed by atoms with Crippen LogP contribution in [0.2, 0.25) is 0 Å². The molecule has 1 aromatic heterocycles. The molecule has 0 unspecified atom stereocenters. The molecule has 2 aromatic carbocycles. The molecule has 0 saturated heterocycles. The van der Waals surface area contributed by atoms with Crippen LogP contribution in [0.4, 0.5) is 0 Å². The molecule has 3 rings (SSSR count). The van der Waals surface area contributed by atoms with Gasteiger partial charge in [-0.2, -0.15) is 0 Å². The lowest BCUT2D eigenvalue weighted by Gasteiger charge is -1.97. The van der Waals surface area contributed by atoms with Gasteiger partial charge in [-0.15, -0.1) is 0 Å². The number of rotatable bonds is 1. The second kappa shape index (κ2) is 5.29. The summed E-state index contributed by atoms with van der Waals surface area (Å²) in [5.74, 6) is 1.06. The molecule has 3 heteroatoms. The zero-order valence-electron chi connectivity index (χ0n) is 10.4. The molecule has 2 nitrogen and oxygen atoms in total. The molecule has 1 heterocycles. The van der Waals surface area contributed by atoms with Crippen LogP contribution in [-0.4, -0.2) is 5.11 Å². The Morgan fingerprint density at radius 3 is 2.42 bits per heavy atom. The number of benzene rings is 2. The second-order valence-electron chi connectivity index (χ2n) is 4.36. The van der Waals surface area contributed by atoms with Crippen molar-refractivity contribution in [2.75, 3.05) is 0 Å². The Kier molecular flexibility index (Phi) is 3.72. The van der Waals surface area contributed by atoms with Gasteiger partial charge in [0.1, 0.15) is 11.1 Å². The smallest absolute Gasteiger partial charge is 0.364 e. The second-order valence-corrected chi connectivity index (χ2v) is 4.36. The highest BCUT2D eigenvalue weighted by Gasteiger charge is 2.16. The largest absolute Gasteiger partial charge is 1.00 e. The molecular weight excluding hydrogens is 260 g/mol. The van der Waals surface area contributed by atoms with E-state index in [1.165, 1.54) is 0 Å². The molecule has 1 N–H and O–H groups in total. The third-order valence-electron chi connectivity index (χ3n) is 2.94. The Balaban J connectivity index is 0.00000133. The van der Waals surface area contributed by atoms with Gasteiger partial charge in [0.05, 0.1) is 5.56 Å². The van der Waals surface area contributed by atoms with Crippen LogP contribution in [0.5, 0.6) is 5.75 Å². The highest BCUT2D eigenvalue weighted by Crippen LogP contribution is 2.30. The van der Waals surface area contributed by atoms with Gasteiger partial charge in [-0.3, -0.25) is 0 Å². The van der Waals surface area contributed by atoms with Crippen molar-refractivity contribution >= 4 is 11.0 Å². The topological polar surface area (TPSA) is 31.5 Å². The first-order chi connectivity index (χ1) is 8.74. The third kappa shape index (κ3) is 2.54. The normalized spacial score (nSPS) is 10.2. The van der Waals surface area contributed by atoms with Crippen LogP contribution in [-0.2, 0) is 0 Å². The zero-order chi connectivity index (χ0) is 12.5. The predicted octanol–water partition coefficient (Wildman–Crippen LogP) is 1.40. The third-order valence-corrected chi connectivity index (χ3v) is 2.94. The quantitative estimate of drug-likeness (QED) is 0.679. The number of hydrogen-bond acceptors (Lipinski definition) is 1. The SMILES string of the molecule is Cc1cc(O)c2ccc(-c3ccccc3)[o+]c2c1.[Cl-]. The van der Waals surface area contributed by atoms with E-state index in [-0.39, 0.29) is 18.2 Å². The molecule has 0 atom stereocenters. The Morgan fingerprint density at radius 2 is 1.68 bits per heavy atom. The summed E-state index contributed by atoms with van der Waals surface area (Å²) in [4.78, 5) is 0. The molecule has 0 aliphatic heterocycles. The van der Waals surface area contributed by atoms with Gasteiger partial charge in [0, 0.05) is 12.1 Å². The van der Waals surface area contributed by atoms with Crippen molar-refractivity contribution in [3.8, 4) is 17.1 Å². The summed E-state index contributed by atoms with van der Waals surface area (Å²) in [7, 11) is 0. The lowest BCUT2D eigenvalue weighted by molar-refractivity contribution is -0.00000513. The monoisotopic (exact) mass is 272 g/mol. The number of aromatic hydroxyl groups is 1. The molecule has 0 bridgehead atoms. The number of phenols is 1. The molecular formula is C16H13ClO2. The standard InChI is InChI=1S/C16H12O2.ClH/c1-11-9-14(17)13-7-8-15(18-16(13)10-11)12-5-3-2-4-6-12;/h2-10H,1H3;1H. The maximum atomic E-state index is 9.85. The van der Waals surface area contributed by atoms with Gasteiger partial charge >= 0.3 is 11.3 Å². The van der Waals surface area contributed by atoms with Crippen LogP contribution in [0.15, 0.2) is 59.0 Å². The Hall–Kier alpha value is -2.06. The van der Waals surface area contributed by atoms with Gasteiger partial charge in [0.2, 0.25) is 0 Å². The minimum atomic E-state index is 0. The van der Waals surface area contributed by atoms with Crippen LogP contribution in [0, 0.1) is 6.92 Å². The van der Waals surface area contributed by atoms with Gasteiger partial charge < -0.3 is 17.5 Å². The molecule has 3 aromatic rings. The average Bonchev–Trinajstić information content (AvgIpc) is 2.39. The molecule has 19 heavy (non-hydrogen) atoms. The van der Waals surface area contributed by atoms with E-state index in [1.54, 1.807) is 6.07 Å². The fourth-order valence-corrected chi connectivity index (χ4v) is 2.07. The summed E-state index contributed by atoms with van der Waals surface area (Å²) in [5, 5.41) is 10.6. The Labute approximate surface area is 117 Å². The molecule has 0 fully saturated rings. The predicted molar refractivity (Wildman–Crippen MR) is 72.5 cm³/mol. The van der Waals surface area contributed by atoms with Crippen LogP contribution < -0.4 is 12.4 Å². The number of phenolic OH excluding ortho intramolecular Hbond substituents is 1. The Morgan fingerprint density at radius 1 is 0.947 bits per heavy atom. The van der Waals surface area contributed by atoms with Gasteiger partial charge in [-0.1, -0.05) is 18.2 Å². The lowest BCUT2D eigenvalue weighted by atomic mass is 10.1. The van der Waals surface area contributed by atoms with E-state index in [0.29, 0.717) is 5.58 Å². The van der Waals surface area contributed by atoms with Crippen LogP contribution in [0.3, 0.4) is 0 Å². The summed E-state index contributed by atoms with van der Waals surface area (Å²) in [5.41, 5.74) is 2.71. The van der Waals surface area contributed by atoms with E-state index in [2.05, 4.69) is 0 Å². The Bertz CT molecular complexity index is 709. The maximum absolute atomic E-state index is 9.85. The van der Waals surface area contributed by atoms with Crippen molar-refractivity contribution in [2.24, 2.45) is 0 Å². The van der Waals surface area contributed by atoms with E-state index in [1.807, 2.05) is 55.5 Å². The van der Waals surface area contributed by atoms with Crippen molar-refractivity contribution in [3.63, 3.8) is 0 Å². The van der Waals surface area contributed by atoms with Crippen LogP contribution in [0.1, 0.15) is 5.56 Å². The fraction of sp³-hybridized carbons (Fsp3) is 0.0625. The first kappa shape index (κ1) is 13.4. The van der Waals surface area contributed by atoms with E-state index < -0.39 is 0 Å². The van der Waals surface area contributed by atoms with Gasteiger partial charge in [0.25, 0.3) is 0 Å². The molecule has 0 spiro atoms. The average molecular weight is 273 g/mol.